The molecule has 1 aliphatic rings. The van der Waals surface area contributed by atoms with Crippen LogP contribution < -0.4 is 10.2 Å². The third kappa shape index (κ3) is 3.73. The lowest BCUT2D eigenvalue weighted by Gasteiger charge is -2.21. The van der Waals surface area contributed by atoms with E-state index in [-0.39, 0.29) is 5.91 Å². The number of anilines is 1. The lowest BCUT2D eigenvalue weighted by molar-refractivity contribution is 0.0767. The second kappa shape index (κ2) is 7.41. The Hall–Kier alpha value is -1.62. The van der Waals surface area contributed by atoms with Gasteiger partial charge in [-0.25, -0.2) is 0 Å². The van der Waals surface area contributed by atoms with Crippen molar-refractivity contribution in [1.82, 2.24) is 15.2 Å². The first kappa shape index (κ1) is 15.8. The predicted octanol–water partition coefficient (Wildman–Crippen LogP) is 1.61. The first-order valence-electron chi connectivity index (χ1n) is 7.84. The molecule has 1 unspecified atom stereocenters. The summed E-state index contributed by atoms with van der Waals surface area (Å²) >= 11 is 0. The number of carbonyl (C=O) groups is 1. The van der Waals surface area contributed by atoms with Gasteiger partial charge in [0.1, 0.15) is 5.69 Å². The van der Waals surface area contributed by atoms with Crippen LogP contribution in [-0.2, 0) is 0 Å². The van der Waals surface area contributed by atoms with E-state index in [2.05, 4.69) is 15.2 Å². The molecule has 1 aromatic heterocycles. The number of hydrogen-bond acceptors (Lipinski definition) is 4. The number of pyridine rings is 1. The van der Waals surface area contributed by atoms with Gasteiger partial charge in [0, 0.05) is 38.1 Å². The van der Waals surface area contributed by atoms with E-state index in [0.29, 0.717) is 11.6 Å². The van der Waals surface area contributed by atoms with E-state index >= 15 is 0 Å². The SMILES string of the molecule is CCN(CC)C(=O)c1cc(N2CCC(CNC)C2)ccn1. The molecule has 2 rings (SSSR count). The van der Waals surface area contributed by atoms with Gasteiger partial charge in [-0.3, -0.25) is 9.78 Å². The minimum atomic E-state index is 0.0211. The van der Waals surface area contributed by atoms with E-state index in [1.165, 1.54) is 6.42 Å². The number of rotatable bonds is 6. The first-order chi connectivity index (χ1) is 10.2. The first-order valence-corrected chi connectivity index (χ1v) is 7.84. The Morgan fingerprint density at radius 2 is 2.24 bits per heavy atom. The summed E-state index contributed by atoms with van der Waals surface area (Å²) in [5, 5.41) is 3.24. The monoisotopic (exact) mass is 290 g/mol. The molecule has 21 heavy (non-hydrogen) atoms. The van der Waals surface area contributed by atoms with E-state index in [0.717, 1.165) is 38.4 Å². The van der Waals surface area contributed by atoms with Crippen molar-refractivity contribution in [2.45, 2.75) is 20.3 Å². The minimum Gasteiger partial charge on any atom is -0.371 e. The van der Waals surface area contributed by atoms with Crippen molar-refractivity contribution < 1.29 is 4.79 Å². The highest BCUT2D eigenvalue weighted by atomic mass is 16.2. The fourth-order valence-corrected chi connectivity index (χ4v) is 2.93. The fourth-order valence-electron chi connectivity index (χ4n) is 2.93. The quantitative estimate of drug-likeness (QED) is 0.865. The van der Waals surface area contributed by atoms with E-state index < -0.39 is 0 Å². The molecule has 0 spiro atoms. The standard InChI is InChI=1S/C16H26N4O/c1-4-19(5-2)16(21)15-10-14(6-8-18-15)20-9-7-13(12-20)11-17-3/h6,8,10,13,17H,4-5,7,9,11-12H2,1-3H3. The Labute approximate surface area is 127 Å². The van der Waals surface area contributed by atoms with Gasteiger partial charge in [0.15, 0.2) is 0 Å². The molecule has 0 bridgehead atoms. The number of amides is 1. The molecule has 2 heterocycles. The zero-order chi connectivity index (χ0) is 15.2. The van der Waals surface area contributed by atoms with Crippen LogP contribution in [0.5, 0.6) is 0 Å². The van der Waals surface area contributed by atoms with Crippen LogP contribution in [0, 0.1) is 5.92 Å². The van der Waals surface area contributed by atoms with Crippen LogP contribution >= 0.6 is 0 Å². The van der Waals surface area contributed by atoms with Crippen molar-refractivity contribution in [3.8, 4) is 0 Å². The van der Waals surface area contributed by atoms with Crippen molar-refractivity contribution in [2.75, 3.05) is 44.7 Å². The van der Waals surface area contributed by atoms with Crippen LogP contribution in [0.3, 0.4) is 0 Å². The minimum absolute atomic E-state index is 0.0211. The normalized spacial score (nSPS) is 18.0. The highest BCUT2D eigenvalue weighted by Crippen LogP contribution is 2.23. The van der Waals surface area contributed by atoms with Gasteiger partial charge in [0.25, 0.3) is 5.91 Å². The summed E-state index contributed by atoms with van der Waals surface area (Å²) in [4.78, 5) is 20.8. The summed E-state index contributed by atoms with van der Waals surface area (Å²) in [5.41, 5.74) is 1.66. The molecule has 1 amide bonds. The number of hydrogen-bond donors (Lipinski definition) is 1. The highest BCUT2D eigenvalue weighted by Gasteiger charge is 2.23. The molecule has 0 aromatic carbocycles. The summed E-state index contributed by atoms with van der Waals surface area (Å²) < 4.78 is 0. The molecule has 1 aromatic rings. The maximum absolute atomic E-state index is 12.4. The van der Waals surface area contributed by atoms with Gasteiger partial charge in [-0.05, 0) is 51.9 Å². The van der Waals surface area contributed by atoms with E-state index in [1.54, 1.807) is 11.1 Å². The van der Waals surface area contributed by atoms with Gasteiger partial charge in [-0.15, -0.1) is 0 Å². The molecule has 0 aliphatic carbocycles. The molecular weight excluding hydrogens is 264 g/mol. The van der Waals surface area contributed by atoms with Crippen LogP contribution in [-0.4, -0.2) is 55.6 Å². The number of carbonyl (C=O) groups excluding carboxylic acids is 1. The summed E-state index contributed by atoms with van der Waals surface area (Å²) in [7, 11) is 2.00. The van der Waals surface area contributed by atoms with Gasteiger partial charge in [0.05, 0.1) is 0 Å². The van der Waals surface area contributed by atoms with Crippen LogP contribution in [0.1, 0.15) is 30.8 Å². The summed E-state index contributed by atoms with van der Waals surface area (Å²) in [5.74, 6) is 0.706. The van der Waals surface area contributed by atoms with Crippen LogP contribution in [0.25, 0.3) is 0 Å². The topological polar surface area (TPSA) is 48.5 Å². The van der Waals surface area contributed by atoms with Gasteiger partial charge in [-0.2, -0.15) is 0 Å². The molecule has 1 saturated heterocycles. The Morgan fingerprint density at radius 1 is 1.48 bits per heavy atom. The number of aromatic nitrogens is 1. The smallest absolute Gasteiger partial charge is 0.272 e. The zero-order valence-electron chi connectivity index (χ0n) is 13.3. The Bertz CT molecular complexity index is 473. The third-order valence-corrected chi connectivity index (χ3v) is 4.16. The molecule has 1 N–H and O–H groups in total. The van der Waals surface area contributed by atoms with Crippen molar-refractivity contribution in [2.24, 2.45) is 5.92 Å². The van der Waals surface area contributed by atoms with Crippen molar-refractivity contribution in [3.05, 3.63) is 24.0 Å². The summed E-state index contributed by atoms with van der Waals surface area (Å²) in [6.45, 7) is 8.57. The average molecular weight is 290 g/mol. The fraction of sp³-hybridized carbons (Fsp3) is 0.625. The van der Waals surface area contributed by atoms with Crippen molar-refractivity contribution in [3.63, 3.8) is 0 Å². The molecule has 116 valence electrons. The maximum Gasteiger partial charge on any atom is 0.272 e. The molecular formula is C16H26N4O. The Kier molecular flexibility index (Phi) is 5.56. The zero-order valence-corrected chi connectivity index (χ0v) is 13.3. The van der Waals surface area contributed by atoms with Gasteiger partial charge in [0.2, 0.25) is 0 Å². The maximum atomic E-state index is 12.4. The summed E-state index contributed by atoms with van der Waals surface area (Å²) in [6, 6.07) is 3.93. The second-order valence-corrected chi connectivity index (χ2v) is 5.54. The van der Waals surface area contributed by atoms with Crippen LogP contribution in [0.15, 0.2) is 18.3 Å². The van der Waals surface area contributed by atoms with E-state index in [1.807, 2.05) is 33.0 Å². The highest BCUT2D eigenvalue weighted by molar-refractivity contribution is 5.93. The molecule has 5 heteroatoms. The van der Waals surface area contributed by atoms with Gasteiger partial charge in [-0.1, -0.05) is 0 Å². The molecule has 0 saturated carbocycles. The average Bonchev–Trinajstić information content (AvgIpc) is 2.97. The van der Waals surface area contributed by atoms with Crippen molar-refractivity contribution in [1.29, 1.82) is 0 Å². The molecule has 1 atom stereocenters. The molecule has 1 aliphatic heterocycles. The molecule has 0 radical (unpaired) electrons. The van der Waals surface area contributed by atoms with Crippen LogP contribution in [0.2, 0.25) is 0 Å². The predicted molar refractivity (Wildman–Crippen MR) is 85.7 cm³/mol. The molecule has 5 nitrogen and oxygen atoms in total. The largest absolute Gasteiger partial charge is 0.371 e. The van der Waals surface area contributed by atoms with E-state index in [4.69, 9.17) is 0 Å². The molecule has 1 fully saturated rings. The van der Waals surface area contributed by atoms with Crippen molar-refractivity contribution >= 4 is 11.6 Å². The third-order valence-electron chi connectivity index (χ3n) is 4.16. The van der Waals surface area contributed by atoms with Crippen LogP contribution in [0.4, 0.5) is 5.69 Å². The van der Waals surface area contributed by atoms with E-state index in [9.17, 15) is 4.79 Å². The lowest BCUT2D eigenvalue weighted by atomic mass is 10.1. The summed E-state index contributed by atoms with van der Waals surface area (Å²) in [6.07, 6.45) is 2.94. The number of nitrogens with one attached hydrogen (secondary N) is 1. The number of nitrogens with zero attached hydrogens (tertiary/aromatic N) is 3. The lowest BCUT2D eigenvalue weighted by Crippen LogP contribution is -2.31. The Balaban J connectivity index is 2.09. The Morgan fingerprint density at radius 3 is 2.90 bits per heavy atom. The van der Waals surface area contributed by atoms with Gasteiger partial charge < -0.3 is 15.1 Å². The second-order valence-electron chi connectivity index (χ2n) is 5.54. The van der Waals surface area contributed by atoms with Gasteiger partial charge >= 0.3 is 0 Å².